The summed E-state index contributed by atoms with van der Waals surface area (Å²) in [5.41, 5.74) is 16.7. The largest absolute Gasteiger partial charge is 0.456 e. The summed E-state index contributed by atoms with van der Waals surface area (Å²) < 4.78 is 6.18. The first-order valence-corrected chi connectivity index (χ1v) is 20.5. The second-order valence-corrected chi connectivity index (χ2v) is 15.2. The Kier molecular flexibility index (Phi) is 8.87. The maximum atomic E-state index is 6.18. The minimum atomic E-state index is 0.899. The van der Waals surface area contributed by atoms with Crippen LogP contribution in [0, 0.1) is 0 Å². The van der Waals surface area contributed by atoms with E-state index < -0.39 is 0 Å². The third-order valence-electron chi connectivity index (χ3n) is 11.7. The van der Waals surface area contributed by atoms with Crippen LogP contribution in [0.2, 0.25) is 0 Å². The van der Waals surface area contributed by atoms with Crippen molar-refractivity contribution in [2.45, 2.75) is 0 Å². The van der Waals surface area contributed by atoms with Crippen molar-refractivity contribution in [1.82, 2.24) is 0 Å². The maximum Gasteiger partial charge on any atom is 0.135 e. The van der Waals surface area contributed by atoms with Gasteiger partial charge in [-0.2, -0.15) is 0 Å². The van der Waals surface area contributed by atoms with Crippen LogP contribution in [0.15, 0.2) is 241 Å². The van der Waals surface area contributed by atoms with Gasteiger partial charge in [-0.15, -0.1) is 0 Å². The summed E-state index contributed by atoms with van der Waals surface area (Å²) in [4.78, 5) is 2.44. The molecule has 0 bridgehead atoms. The molecule has 0 amide bonds. The normalized spacial score (nSPS) is 11.3. The average molecular weight is 766 g/mol. The fourth-order valence-corrected chi connectivity index (χ4v) is 8.86. The molecule has 60 heavy (non-hydrogen) atoms. The Balaban J connectivity index is 1.14. The van der Waals surface area contributed by atoms with E-state index in [1.165, 1.54) is 49.7 Å². The Labute approximate surface area is 349 Å². The highest BCUT2D eigenvalue weighted by molar-refractivity contribution is 6.07. The zero-order valence-electron chi connectivity index (χ0n) is 32.9. The summed E-state index contributed by atoms with van der Waals surface area (Å²) >= 11 is 0. The van der Waals surface area contributed by atoms with Crippen LogP contribution >= 0.6 is 0 Å². The standard InChI is InChI=1S/C58H39NO/c1-3-16-41(17-4-1)49-25-9-10-27-53(49)58-51(43-18-5-2-6-19-43)29-15-30-55(58)59(47-23-13-22-45(38-47)50-28-14-21-42-20-7-8-24-48(42)50)46-35-32-40(33-36-46)44-34-37-57-54(39-44)52-26-11-12-31-56(52)60-57/h1-39H. The molecule has 10 aromatic carbocycles. The average Bonchev–Trinajstić information content (AvgIpc) is 3.70. The summed E-state index contributed by atoms with van der Waals surface area (Å²) in [6.45, 7) is 0. The Morgan fingerprint density at radius 1 is 0.283 bits per heavy atom. The first-order valence-electron chi connectivity index (χ1n) is 20.5. The van der Waals surface area contributed by atoms with Gasteiger partial charge in [-0.3, -0.25) is 0 Å². The third-order valence-corrected chi connectivity index (χ3v) is 11.7. The zero-order valence-corrected chi connectivity index (χ0v) is 32.9. The van der Waals surface area contributed by atoms with Crippen LogP contribution in [0.25, 0.3) is 88.3 Å². The summed E-state index contributed by atoms with van der Waals surface area (Å²) in [7, 11) is 0. The maximum absolute atomic E-state index is 6.18. The second kappa shape index (κ2) is 15.1. The van der Waals surface area contributed by atoms with E-state index in [0.29, 0.717) is 0 Å². The van der Waals surface area contributed by atoms with Gasteiger partial charge in [0.1, 0.15) is 11.2 Å². The Morgan fingerprint density at radius 2 is 0.850 bits per heavy atom. The monoisotopic (exact) mass is 765 g/mol. The van der Waals surface area contributed by atoms with Crippen LogP contribution in [0.5, 0.6) is 0 Å². The van der Waals surface area contributed by atoms with Crippen molar-refractivity contribution >= 4 is 49.8 Å². The van der Waals surface area contributed by atoms with Gasteiger partial charge >= 0.3 is 0 Å². The fourth-order valence-electron chi connectivity index (χ4n) is 8.86. The number of fused-ring (bicyclic) bond motifs is 4. The molecule has 0 aliphatic rings. The smallest absolute Gasteiger partial charge is 0.135 e. The molecule has 0 aliphatic carbocycles. The number of anilines is 3. The van der Waals surface area contributed by atoms with Gasteiger partial charge in [-0.05, 0) is 109 Å². The van der Waals surface area contributed by atoms with Crippen LogP contribution in [0.3, 0.4) is 0 Å². The number of furan rings is 1. The molecule has 0 unspecified atom stereocenters. The van der Waals surface area contributed by atoms with Crippen molar-refractivity contribution in [3.05, 3.63) is 237 Å². The first-order chi connectivity index (χ1) is 29.8. The van der Waals surface area contributed by atoms with Gasteiger partial charge in [0.25, 0.3) is 0 Å². The predicted octanol–water partition coefficient (Wildman–Crippen LogP) is 16.5. The molecule has 0 saturated heterocycles. The molecule has 1 aromatic heterocycles. The Hall–Kier alpha value is -7.94. The SMILES string of the molecule is c1ccc(-c2ccccc2-c2c(-c3ccccc3)cccc2N(c2ccc(-c3ccc4oc5ccccc5c4c3)cc2)c2cccc(-c3cccc4ccccc34)c2)cc1. The lowest BCUT2D eigenvalue weighted by Crippen LogP contribution is -2.12. The van der Waals surface area contributed by atoms with E-state index in [4.69, 9.17) is 4.42 Å². The van der Waals surface area contributed by atoms with E-state index in [9.17, 15) is 0 Å². The quantitative estimate of drug-likeness (QED) is 0.153. The van der Waals surface area contributed by atoms with Gasteiger partial charge < -0.3 is 9.32 Å². The van der Waals surface area contributed by atoms with Crippen molar-refractivity contribution in [3.8, 4) is 55.6 Å². The van der Waals surface area contributed by atoms with Crippen molar-refractivity contribution in [2.24, 2.45) is 0 Å². The zero-order chi connectivity index (χ0) is 39.8. The highest BCUT2D eigenvalue weighted by atomic mass is 16.3. The molecule has 0 atom stereocenters. The second-order valence-electron chi connectivity index (χ2n) is 15.2. The van der Waals surface area contributed by atoms with Crippen LogP contribution in [0.1, 0.15) is 0 Å². The van der Waals surface area contributed by atoms with Crippen LogP contribution in [0.4, 0.5) is 17.1 Å². The minimum absolute atomic E-state index is 0.899. The molecular weight excluding hydrogens is 727 g/mol. The van der Waals surface area contributed by atoms with Crippen LogP contribution < -0.4 is 4.90 Å². The van der Waals surface area contributed by atoms with E-state index in [1.807, 2.05) is 12.1 Å². The molecular formula is C58H39NO. The molecule has 0 radical (unpaired) electrons. The molecule has 0 saturated carbocycles. The summed E-state index contributed by atoms with van der Waals surface area (Å²) in [6, 6.07) is 85.1. The van der Waals surface area contributed by atoms with E-state index in [0.717, 1.165) is 55.7 Å². The third kappa shape index (κ3) is 6.32. The lowest BCUT2D eigenvalue weighted by atomic mass is 9.87. The molecule has 2 heteroatoms. The van der Waals surface area contributed by atoms with Gasteiger partial charge in [0, 0.05) is 27.7 Å². The van der Waals surface area contributed by atoms with Crippen LogP contribution in [-0.2, 0) is 0 Å². The molecule has 2 nitrogen and oxygen atoms in total. The molecule has 0 N–H and O–H groups in total. The molecule has 11 rings (SSSR count). The lowest BCUT2D eigenvalue weighted by molar-refractivity contribution is 0.669. The van der Waals surface area contributed by atoms with Crippen molar-refractivity contribution in [1.29, 1.82) is 0 Å². The van der Waals surface area contributed by atoms with Gasteiger partial charge in [0.2, 0.25) is 0 Å². The van der Waals surface area contributed by atoms with E-state index in [1.54, 1.807) is 0 Å². The van der Waals surface area contributed by atoms with E-state index in [-0.39, 0.29) is 0 Å². The lowest BCUT2D eigenvalue weighted by Gasteiger charge is -2.30. The summed E-state index contributed by atoms with van der Waals surface area (Å²) in [5, 5.41) is 4.71. The molecule has 1 heterocycles. The molecule has 0 fully saturated rings. The summed E-state index contributed by atoms with van der Waals surface area (Å²) in [5.74, 6) is 0. The van der Waals surface area contributed by atoms with E-state index >= 15 is 0 Å². The van der Waals surface area contributed by atoms with Gasteiger partial charge in [0.15, 0.2) is 0 Å². The van der Waals surface area contributed by atoms with Gasteiger partial charge in [-0.1, -0.05) is 188 Å². The van der Waals surface area contributed by atoms with Gasteiger partial charge in [-0.25, -0.2) is 0 Å². The van der Waals surface area contributed by atoms with Gasteiger partial charge in [0.05, 0.1) is 5.69 Å². The number of hydrogen-bond acceptors (Lipinski definition) is 2. The van der Waals surface area contributed by atoms with Crippen molar-refractivity contribution in [2.75, 3.05) is 4.90 Å². The molecule has 11 aromatic rings. The Morgan fingerprint density at radius 3 is 1.67 bits per heavy atom. The van der Waals surface area contributed by atoms with Crippen molar-refractivity contribution < 1.29 is 4.42 Å². The molecule has 0 aliphatic heterocycles. The number of hydrogen-bond donors (Lipinski definition) is 0. The Bertz CT molecular complexity index is 3300. The fraction of sp³-hybridized carbons (Fsp3) is 0. The number of para-hydroxylation sites is 1. The van der Waals surface area contributed by atoms with Crippen molar-refractivity contribution in [3.63, 3.8) is 0 Å². The minimum Gasteiger partial charge on any atom is -0.456 e. The highest BCUT2D eigenvalue weighted by Crippen LogP contribution is 2.49. The number of benzene rings is 10. The topological polar surface area (TPSA) is 16.4 Å². The number of rotatable bonds is 8. The molecule has 282 valence electrons. The molecule has 0 spiro atoms. The summed E-state index contributed by atoms with van der Waals surface area (Å²) in [6.07, 6.45) is 0. The highest BCUT2D eigenvalue weighted by Gasteiger charge is 2.23. The van der Waals surface area contributed by atoms with Crippen LogP contribution in [-0.4, -0.2) is 0 Å². The number of nitrogens with zero attached hydrogens (tertiary/aromatic N) is 1. The first kappa shape index (κ1) is 35.2. The van der Waals surface area contributed by atoms with E-state index in [2.05, 4.69) is 229 Å². The predicted molar refractivity (Wildman–Crippen MR) is 253 cm³/mol.